The van der Waals surface area contributed by atoms with Gasteiger partial charge in [-0.1, -0.05) is 0 Å². The van der Waals surface area contributed by atoms with E-state index in [2.05, 4.69) is 20.9 Å². The smallest absolute Gasteiger partial charge is 0.0416 e. The van der Waals surface area contributed by atoms with Gasteiger partial charge in [-0.05, 0) is 12.9 Å². The van der Waals surface area contributed by atoms with Crippen LogP contribution in [0.5, 0.6) is 0 Å². The predicted molar refractivity (Wildman–Crippen MR) is 29.0 cm³/mol. The molecule has 0 N–H and O–H groups in total. The summed E-state index contributed by atoms with van der Waals surface area (Å²) in [7, 11) is 2.57. The van der Waals surface area contributed by atoms with E-state index in [-0.39, 0.29) is 0 Å². The molecule has 0 saturated heterocycles. The first-order valence-corrected chi connectivity index (χ1v) is 2.36. The van der Waals surface area contributed by atoms with Crippen molar-refractivity contribution in [2.45, 2.75) is 0 Å². The topological polar surface area (TPSA) is 12.4 Å². The zero-order chi connectivity index (χ0) is 4.12. The monoisotopic (exact) mass is 89.0 g/mol. The quantitative estimate of drug-likeness (QED) is 0.346. The van der Waals surface area contributed by atoms with Crippen LogP contribution in [0.1, 0.15) is 0 Å². The maximum Gasteiger partial charge on any atom is 0.0416 e. The van der Waals surface area contributed by atoms with Crippen LogP contribution in [0.2, 0.25) is 0 Å². The summed E-state index contributed by atoms with van der Waals surface area (Å²) in [6.07, 6.45) is 1.03. The van der Waals surface area contributed by atoms with Gasteiger partial charge in [-0.25, -0.2) is 0 Å². The van der Waals surface area contributed by atoms with Crippen LogP contribution in [-0.4, -0.2) is 19.4 Å². The highest BCUT2D eigenvalue weighted by Crippen LogP contribution is 1.75. The second-order valence-electron chi connectivity index (χ2n) is 0.736. The molecular formula is C3H8NP. The van der Waals surface area contributed by atoms with E-state index in [1.54, 1.807) is 0 Å². The first-order valence-electron chi connectivity index (χ1n) is 1.54. The van der Waals surface area contributed by atoms with Gasteiger partial charge in [0.15, 0.2) is 0 Å². The molecule has 0 spiro atoms. The number of hydrogen-bond donors (Lipinski definition) is 0. The maximum atomic E-state index is 3.58. The van der Waals surface area contributed by atoms with E-state index >= 15 is 0 Å². The lowest BCUT2D eigenvalue weighted by Crippen LogP contribution is -1.72. The van der Waals surface area contributed by atoms with Crippen molar-refractivity contribution in [3.63, 3.8) is 0 Å². The lowest BCUT2D eigenvalue weighted by molar-refractivity contribution is 1.16. The Morgan fingerprint density at radius 2 is 2.40 bits per heavy atom. The second-order valence-corrected chi connectivity index (χ2v) is 1.31. The Hall–Kier alpha value is 0.100. The summed E-state index contributed by atoms with van der Waals surface area (Å²) in [5, 5.41) is 0. The Bertz CT molecular complexity index is 28.1. The normalized spacial score (nSPS) is 7.40. The first-order chi connectivity index (χ1) is 2.41. The van der Waals surface area contributed by atoms with Gasteiger partial charge in [0.25, 0.3) is 0 Å². The van der Waals surface area contributed by atoms with Crippen molar-refractivity contribution < 1.29 is 0 Å². The van der Waals surface area contributed by atoms with Gasteiger partial charge in [0.1, 0.15) is 0 Å². The third-order valence-electron chi connectivity index (χ3n) is 0.287. The first kappa shape index (κ1) is 5.10. The van der Waals surface area contributed by atoms with Gasteiger partial charge < -0.3 is 4.99 Å². The summed E-state index contributed by atoms with van der Waals surface area (Å²) in [4.78, 5) is 3.58. The van der Waals surface area contributed by atoms with Crippen molar-refractivity contribution >= 4 is 16.0 Å². The number of aliphatic imine (C=N–C) groups is 1. The van der Waals surface area contributed by atoms with E-state index in [9.17, 15) is 0 Å². The van der Waals surface area contributed by atoms with Gasteiger partial charge in [-0.3, -0.25) is 0 Å². The Morgan fingerprint density at radius 3 is 2.40 bits per heavy atom. The minimum atomic E-state index is 0.866. The number of hydrogen-bond acceptors (Lipinski definition) is 1. The van der Waals surface area contributed by atoms with Gasteiger partial charge in [0.05, 0.1) is 0 Å². The second kappa shape index (κ2) is 4.10. The Kier molecular flexibility index (Phi) is 4.18. The summed E-state index contributed by atoms with van der Waals surface area (Å²) in [6, 6.07) is 0. The molecule has 30 valence electrons. The molecule has 0 rings (SSSR count). The summed E-state index contributed by atoms with van der Waals surface area (Å²) >= 11 is 0. The predicted octanol–water partition coefficient (Wildman–Crippen LogP) is 0.562. The molecule has 1 nitrogen and oxygen atoms in total. The van der Waals surface area contributed by atoms with Crippen LogP contribution >= 0.6 is 9.24 Å². The molecule has 0 saturated carbocycles. The standard InChI is InChI=1S/C3H8NP/c1-4-2-3-5/h1-3,5H2. The number of nitrogens with zero attached hydrogens (tertiary/aromatic N) is 1. The molecule has 0 bridgehead atoms. The van der Waals surface area contributed by atoms with Crippen LogP contribution in [0.4, 0.5) is 0 Å². The lowest BCUT2D eigenvalue weighted by Gasteiger charge is -1.74. The zero-order valence-electron chi connectivity index (χ0n) is 3.15. The highest BCUT2D eigenvalue weighted by molar-refractivity contribution is 7.16. The highest BCUT2D eigenvalue weighted by atomic mass is 31.0. The average Bonchev–Trinajstić information content (AvgIpc) is 1.41. The van der Waals surface area contributed by atoms with Crippen molar-refractivity contribution in [3.8, 4) is 0 Å². The summed E-state index contributed by atoms with van der Waals surface area (Å²) in [6.45, 7) is 4.15. The minimum absolute atomic E-state index is 0.866. The van der Waals surface area contributed by atoms with Crippen LogP contribution < -0.4 is 0 Å². The van der Waals surface area contributed by atoms with Crippen LogP contribution in [0.3, 0.4) is 0 Å². The Morgan fingerprint density at radius 1 is 1.80 bits per heavy atom. The van der Waals surface area contributed by atoms with E-state index in [0.29, 0.717) is 0 Å². The summed E-state index contributed by atoms with van der Waals surface area (Å²) in [5.41, 5.74) is 0. The van der Waals surface area contributed by atoms with Gasteiger partial charge in [-0.2, -0.15) is 0 Å². The van der Waals surface area contributed by atoms with Crippen LogP contribution in [0.25, 0.3) is 0 Å². The third-order valence-corrected chi connectivity index (χ3v) is 0.545. The molecule has 0 aliphatic rings. The molecule has 1 unspecified atom stereocenters. The average molecular weight is 89.1 g/mol. The molecule has 0 fully saturated rings. The van der Waals surface area contributed by atoms with E-state index in [0.717, 1.165) is 12.7 Å². The molecule has 0 aromatic rings. The van der Waals surface area contributed by atoms with E-state index in [1.165, 1.54) is 0 Å². The highest BCUT2D eigenvalue weighted by Gasteiger charge is 1.61. The number of rotatable bonds is 2. The van der Waals surface area contributed by atoms with Crippen LogP contribution in [0, 0.1) is 0 Å². The van der Waals surface area contributed by atoms with Crippen molar-refractivity contribution in [2.24, 2.45) is 4.99 Å². The third kappa shape index (κ3) is 4.10. The van der Waals surface area contributed by atoms with E-state index < -0.39 is 0 Å². The van der Waals surface area contributed by atoms with Crippen molar-refractivity contribution in [3.05, 3.63) is 0 Å². The largest absolute Gasteiger partial charge is 0.301 e. The zero-order valence-corrected chi connectivity index (χ0v) is 4.30. The summed E-state index contributed by atoms with van der Waals surface area (Å²) < 4.78 is 0. The fraction of sp³-hybridized carbons (Fsp3) is 0.667. The van der Waals surface area contributed by atoms with Crippen LogP contribution in [-0.2, 0) is 0 Å². The van der Waals surface area contributed by atoms with E-state index in [1.807, 2.05) is 0 Å². The van der Waals surface area contributed by atoms with E-state index in [4.69, 9.17) is 0 Å². The van der Waals surface area contributed by atoms with Crippen molar-refractivity contribution in [2.75, 3.05) is 12.7 Å². The molecular weight excluding hydrogens is 81.0 g/mol. The SMILES string of the molecule is C=NCCP. The van der Waals surface area contributed by atoms with Crippen molar-refractivity contribution in [1.82, 2.24) is 0 Å². The molecule has 1 atom stereocenters. The Labute approximate surface area is 34.7 Å². The van der Waals surface area contributed by atoms with Crippen LogP contribution in [0.15, 0.2) is 4.99 Å². The lowest BCUT2D eigenvalue weighted by atomic mass is 10.8. The van der Waals surface area contributed by atoms with Gasteiger partial charge in [0, 0.05) is 6.54 Å². The molecule has 0 aromatic carbocycles. The van der Waals surface area contributed by atoms with Gasteiger partial charge >= 0.3 is 0 Å². The fourth-order valence-corrected chi connectivity index (χ4v) is 0.274. The molecule has 0 aromatic heterocycles. The van der Waals surface area contributed by atoms with Gasteiger partial charge in [0.2, 0.25) is 0 Å². The Balaban J connectivity index is 2.40. The molecule has 2 heteroatoms. The molecule has 0 aliphatic heterocycles. The molecule has 5 heavy (non-hydrogen) atoms. The molecule has 0 amide bonds. The molecule has 0 aliphatic carbocycles. The van der Waals surface area contributed by atoms with Crippen molar-refractivity contribution in [1.29, 1.82) is 0 Å². The molecule has 0 radical (unpaired) electrons. The van der Waals surface area contributed by atoms with Gasteiger partial charge in [-0.15, -0.1) is 9.24 Å². The molecule has 0 heterocycles. The maximum absolute atomic E-state index is 3.58. The summed E-state index contributed by atoms with van der Waals surface area (Å²) in [5.74, 6) is 0. The fourth-order valence-electron chi connectivity index (χ4n) is 0.0913. The minimum Gasteiger partial charge on any atom is -0.301 e.